The summed E-state index contributed by atoms with van der Waals surface area (Å²) in [6.45, 7) is 1.21. The lowest BCUT2D eigenvalue weighted by molar-refractivity contribution is -0.117. The molecule has 0 spiro atoms. The molecule has 1 aliphatic heterocycles. The molecule has 7 heteroatoms. The van der Waals surface area contributed by atoms with Gasteiger partial charge in [0.1, 0.15) is 0 Å². The molecular weight excluding hydrogens is 348 g/mol. The highest BCUT2D eigenvalue weighted by atomic mass is 32.1. The molecule has 0 radical (unpaired) electrons. The third kappa shape index (κ3) is 3.44. The Labute approximate surface area is 156 Å². The Morgan fingerprint density at radius 3 is 2.62 bits per heavy atom. The molecule has 1 fully saturated rings. The van der Waals surface area contributed by atoms with E-state index in [0.717, 1.165) is 35.5 Å². The minimum atomic E-state index is 0.0397. The number of thiazole rings is 1. The fourth-order valence-corrected chi connectivity index (χ4v) is 4.09. The molecule has 136 valence electrons. The maximum absolute atomic E-state index is 12.8. The molecule has 2 aliphatic rings. The zero-order valence-electron chi connectivity index (χ0n) is 15.0. The number of hydrogen-bond donors (Lipinski definition) is 1. The van der Waals surface area contributed by atoms with Gasteiger partial charge < -0.3 is 15.1 Å². The largest absolute Gasteiger partial charge is 0.378 e. The summed E-state index contributed by atoms with van der Waals surface area (Å²) in [5, 5.41) is 3.58. The van der Waals surface area contributed by atoms with Gasteiger partial charge in [-0.2, -0.15) is 0 Å². The van der Waals surface area contributed by atoms with Gasteiger partial charge in [-0.1, -0.05) is 11.3 Å². The molecule has 1 aromatic heterocycles. The van der Waals surface area contributed by atoms with Gasteiger partial charge in [-0.15, -0.1) is 0 Å². The third-order valence-electron chi connectivity index (χ3n) is 4.83. The van der Waals surface area contributed by atoms with Crippen molar-refractivity contribution in [1.82, 2.24) is 9.88 Å². The highest BCUT2D eigenvalue weighted by Crippen LogP contribution is 2.33. The van der Waals surface area contributed by atoms with E-state index in [4.69, 9.17) is 0 Å². The normalized spacial score (nSPS) is 16.2. The first-order valence-corrected chi connectivity index (χ1v) is 9.69. The Bertz CT molecular complexity index is 840. The van der Waals surface area contributed by atoms with E-state index in [9.17, 15) is 9.59 Å². The number of carbonyl (C=O) groups is 2. The summed E-state index contributed by atoms with van der Waals surface area (Å²) in [5.74, 6) is 0.280. The van der Waals surface area contributed by atoms with E-state index in [1.165, 1.54) is 11.3 Å². The molecule has 0 bridgehead atoms. The second-order valence-corrected chi connectivity index (χ2v) is 8.15. The average Bonchev–Trinajstić information content (AvgIpc) is 3.41. The fourth-order valence-electron chi connectivity index (χ4n) is 3.06. The summed E-state index contributed by atoms with van der Waals surface area (Å²) in [7, 11) is 3.96. The van der Waals surface area contributed by atoms with Crippen LogP contribution in [0, 0.1) is 5.92 Å². The lowest BCUT2D eigenvalue weighted by Gasteiger charge is -2.26. The van der Waals surface area contributed by atoms with Crippen LogP contribution in [0.5, 0.6) is 0 Å². The molecule has 26 heavy (non-hydrogen) atoms. The number of fused-ring (bicyclic) bond motifs is 1. The van der Waals surface area contributed by atoms with Crippen molar-refractivity contribution in [2.24, 2.45) is 5.92 Å². The second-order valence-electron chi connectivity index (χ2n) is 7.07. The first kappa shape index (κ1) is 17.0. The standard InChI is InChI=1S/C19H22N4O2S/c1-22(2)14-7-5-13(6-8-14)18(25)23-10-9-15-16(11-23)26-19(20-15)21-17(24)12-3-4-12/h5-8,12H,3-4,9-11H2,1-2H3,(H,20,21,24). The molecule has 1 aromatic carbocycles. The molecule has 6 nitrogen and oxygen atoms in total. The quantitative estimate of drug-likeness (QED) is 0.899. The number of nitrogens with one attached hydrogen (secondary N) is 1. The summed E-state index contributed by atoms with van der Waals surface area (Å²) < 4.78 is 0. The van der Waals surface area contributed by atoms with Crippen LogP contribution in [0.3, 0.4) is 0 Å². The van der Waals surface area contributed by atoms with Gasteiger partial charge in [0.05, 0.1) is 12.2 Å². The van der Waals surface area contributed by atoms with Gasteiger partial charge in [-0.3, -0.25) is 9.59 Å². The number of hydrogen-bond acceptors (Lipinski definition) is 5. The minimum absolute atomic E-state index is 0.0397. The zero-order chi connectivity index (χ0) is 18.3. The van der Waals surface area contributed by atoms with E-state index in [1.807, 2.05) is 48.2 Å². The first-order chi connectivity index (χ1) is 12.5. The number of rotatable bonds is 4. The summed E-state index contributed by atoms with van der Waals surface area (Å²) >= 11 is 1.49. The van der Waals surface area contributed by atoms with Crippen LogP contribution in [0.1, 0.15) is 33.8 Å². The molecule has 2 aromatic rings. The van der Waals surface area contributed by atoms with Crippen LogP contribution in [-0.2, 0) is 17.8 Å². The molecule has 0 atom stereocenters. The lowest BCUT2D eigenvalue weighted by atomic mass is 10.1. The van der Waals surface area contributed by atoms with Crippen molar-refractivity contribution in [1.29, 1.82) is 0 Å². The van der Waals surface area contributed by atoms with Crippen LogP contribution in [0.2, 0.25) is 0 Å². The molecule has 0 saturated heterocycles. The van der Waals surface area contributed by atoms with Gasteiger partial charge in [0.15, 0.2) is 5.13 Å². The van der Waals surface area contributed by atoms with E-state index >= 15 is 0 Å². The lowest BCUT2D eigenvalue weighted by Crippen LogP contribution is -2.35. The molecule has 2 heterocycles. The van der Waals surface area contributed by atoms with E-state index in [2.05, 4.69) is 10.3 Å². The predicted octanol–water partition coefficient (Wildman–Crippen LogP) is 2.76. The summed E-state index contributed by atoms with van der Waals surface area (Å²) in [6, 6.07) is 7.67. The molecule has 1 aliphatic carbocycles. The number of anilines is 2. The number of carbonyl (C=O) groups excluding carboxylic acids is 2. The zero-order valence-corrected chi connectivity index (χ0v) is 15.8. The van der Waals surface area contributed by atoms with Crippen LogP contribution in [0.25, 0.3) is 0 Å². The highest BCUT2D eigenvalue weighted by molar-refractivity contribution is 7.15. The van der Waals surface area contributed by atoms with Gasteiger partial charge >= 0.3 is 0 Å². The Morgan fingerprint density at radius 2 is 1.96 bits per heavy atom. The minimum Gasteiger partial charge on any atom is -0.378 e. The molecule has 1 N–H and O–H groups in total. The number of nitrogens with zero attached hydrogens (tertiary/aromatic N) is 3. The van der Waals surface area contributed by atoms with Crippen molar-refractivity contribution < 1.29 is 9.59 Å². The monoisotopic (exact) mass is 370 g/mol. The van der Waals surface area contributed by atoms with Crippen molar-refractivity contribution in [2.75, 3.05) is 30.9 Å². The number of amides is 2. The summed E-state index contributed by atoms with van der Waals surface area (Å²) in [4.78, 5) is 34.2. The number of aromatic nitrogens is 1. The maximum atomic E-state index is 12.8. The smallest absolute Gasteiger partial charge is 0.254 e. The van der Waals surface area contributed by atoms with Crippen LogP contribution in [-0.4, -0.2) is 42.3 Å². The molecular formula is C19H22N4O2S. The maximum Gasteiger partial charge on any atom is 0.254 e. The van der Waals surface area contributed by atoms with Crippen LogP contribution in [0.4, 0.5) is 10.8 Å². The van der Waals surface area contributed by atoms with Gasteiger partial charge in [-0.25, -0.2) is 4.98 Å². The van der Waals surface area contributed by atoms with Gasteiger partial charge in [-0.05, 0) is 37.1 Å². The van der Waals surface area contributed by atoms with E-state index < -0.39 is 0 Å². The Balaban J connectivity index is 1.44. The molecule has 2 amide bonds. The van der Waals surface area contributed by atoms with Gasteiger partial charge in [0, 0.05) is 49.1 Å². The van der Waals surface area contributed by atoms with Crippen molar-refractivity contribution in [3.05, 3.63) is 40.4 Å². The summed E-state index contributed by atoms with van der Waals surface area (Å²) in [5.41, 5.74) is 2.78. The fraction of sp³-hybridized carbons (Fsp3) is 0.421. The third-order valence-corrected chi connectivity index (χ3v) is 5.83. The van der Waals surface area contributed by atoms with Gasteiger partial charge in [0.25, 0.3) is 5.91 Å². The van der Waals surface area contributed by atoms with Crippen molar-refractivity contribution >= 4 is 34.0 Å². The Hall–Kier alpha value is -2.41. The van der Waals surface area contributed by atoms with Crippen LogP contribution >= 0.6 is 11.3 Å². The van der Waals surface area contributed by atoms with Crippen molar-refractivity contribution in [3.63, 3.8) is 0 Å². The first-order valence-electron chi connectivity index (χ1n) is 8.87. The van der Waals surface area contributed by atoms with Crippen molar-refractivity contribution in [2.45, 2.75) is 25.8 Å². The average molecular weight is 370 g/mol. The molecule has 4 rings (SSSR count). The van der Waals surface area contributed by atoms with E-state index in [0.29, 0.717) is 23.8 Å². The molecule has 0 unspecified atom stereocenters. The number of benzene rings is 1. The highest BCUT2D eigenvalue weighted by Gasteiger charge is 2.31. The summed E-state index contributed by atoms with van der Waals surface area (Å²) in [6.07, 6.45) is 2.68. The van der Waals surface area contributed by atoms with E-state index in [-0.39, 0.29) is 17.7 Å². The van der Waals surface area contributed by atoms with Gasteiger partial charge in [0.2, 0.25) is 5.91 Å². The van der Waals surface area contributed by atoms with Crippen LogP contribution < -0.4 is 10.2 Å². The van der Waals surface area contributed by atoms with E-state index in [1.54, 1.807) is 0 Å². The Morgan fingerprint density at radius 1 is 1.23 bits per heavy atom. The second kappa shape index (κ2) is 6.72. The van der Waals surface area contributed by atoms with Crippen molar-refractivity contribution in [3.8, 4) is 0 Å². The molecule has 1 saturated carbocycles. The van der Waals surface area contributed by atoms with Crippen LogP contribution in [0.15, 0.2) is 24.3 Å². The Kier molecular flexibility index (Phi) is 4.40. The topological polar surface area (TPSA) is 65.5 Å². The predicted molar refractivity (Wildman–Crippen MR) is 103 cm³/mol. The SMILES string of the molecule is CN(C)c1ccc(C(=O)N2CCc3nc(NC(=O)C4CC4)sc3C2)cc1.